The summed E-state index contributed by atoms with van der Waals surface area (Å²) in [7, 11) is 2.71. The zero-order valence-corrected chi connectivity index (χ0v) is 15.1. The molecule has 0 saturated carbocycles. The number of esters is 2. The first kappa shape index (κ1) is 19.8. The highest BCUT2D eigenvalue weighted by Crippen LogP contribution is 2.15. The lowest BCUT2D eigenvalue weighted by Crippen LogP contribution is -2.10. The van der Waals surface area contributed by atoms with Gasteiger partial charge < -0.3 is 18.8 Å². The van der Waals surface area contributed by atoms with Gasteiger partial charge in [-0.15, -0.1) is 0 Å². The van der Waals surface area contributed by atoms with Crippen LogP contribution in [0.4, 0.5) is 0 Å². The molecule has 0 bridgehead atoms. The summed E-state index contributed by atoms with van der Waals surface area (Å²) in [5.41, 5.74) is 1.70. The lowest BCUT2D eigenvalue weighted by atomic mass is 10.2. The van der Waals surface area contributed by atoms with Gasteiger partial charge in [-0.3, -0.25) is 0 Å². The number of carbonyl (C=O) groups is 2. The van der Waals surface area contributed by atoms with E-state index < -0.39 is 11.9 Å². The smallest absolute Gasteiger partial charge is 0.529 e. The van der Waals surface area contributed by atoms with Crippen LogP contribution in [0.2, 0.25) is 0 Å². The molecular formula is C20H19BO6. The molecule has 0 saturated heterocycles. The Morgan fingerprint density at radius 1 is 0.704 bits per heavy atom. The summed E-state index contributed by atoms with van der Waals surface area (Å²) in [6.07, 6.45) is 6.01. The van der Waals surface area contributed by atoms with Crippen LogP contribution >= 0.6 is 0 Å². The minimum absolute atomic E-state index is 0.0503. The Hall–Kier alpha value is -3.48. The SMILES string of the molecule is COC(=O)C=Cc1ccc(OBOc2ccc(C=CC(=O)OC)cc2)cc1. The molecule has 0 aliphatic heterocycles. The van der Waals surface area contributed by atoms with Crippen molar-refractivity contribution in [3.8, 4) is 11.5 Å². The molecule has 0 heterocycles. The van der Waals surface area contributed by atoms with Gasteiger partial charge in [0.25, 0.3) is 0 Å². The fourth-order valence-electron chi connectivity index (χ4n) is 1.98. The highest BCUT2D eigenvalue weighted by molar-refractivity contribution is 6.20. The van der Waals surface area contributed by atoms with E-state index in [1.54, 1.807) is 36.4 Å². The van der Waals surface area contributed by atoms with Crippen molar-refractivity contribution in [1.82, 2.24) is 0 Å². The van der Waals surface area contributed by atoms with E-state index in [0.717, 1.165) is 11.1 Å². The number of benzene rings is 2. The highest BCUT2D eigenvalue weighted by atomic mass is 16.6. The van der Waals surface area contributed by atoms with Crippen molar-refractivity contribution < 1.29 is 28.4 Å². The molecule has 2 aromatic carbocycles. The largest absolute Gasteiger partial charge is 0.576 e. The van der Waals surface area contributed by atoms with Crippen LogP contribution in [-0.4, -0.2) is 33.8 Å². The van der Waals surface area contributed by atoms with Gasteiger partial charge in [-0.05, 0) is 47.5 Å². The van der Waals surface area contributed by atoms with Crippen LogP contribution in [-0.2, 0) is 19.1 Å². The third-order valence-corrected chi connectivity index (χ3v) is 3.44. The van der Waals surface area contributed by atoms with E-state index in [-0.39, 0.29) is 7.69 Å². The molecule has 0 aliphatic carbocycles. The van der Waals surface area contributed by atoms with E-state index >= 15 is 0 Å². The lowest BCUT2D eigenvalue weighted by molar-refractivity contribution is -0.135. The molecule has 2 aromatic rings. The van der Waals surface area contributed by atoms with Gasteiger partial charge in [-0.25, -0.2) is 9.59 Å². The second kappa shape index (κ2) is 10.5. The summed E-state index contributed by atoms with van der Waals surface area (Å²) < 4.78 is 20.1. The maximum Gasteiger partial charge on any atom is 0.576 e. The molecule has 0 unspecified atom stereocenters. The first-order chi connectivity index (χ1) is 13.1. The minimum atomic E-state index is -0.407. The van der Waals surface area contributed by atoms with E-state index in [1.807, 2.05) is 24.3 Å². The van der Waals surface area contributed by atoms with Crippen LogP contribution in [0.1, 0.15) is 11.1 Å². The average Bonchev–Trinajstić information content (AvgIpc) is 2.72. The first-order valence-corrected chi connectivity index (χ1v) is 8.08. The summed E-state index contributed by atoms with van der Waals surface area (Å²) >= 11 is 0. The van der Waals surface area contributed by atoms with E-state index in [1.165, 1.54) is 26.4 Å². The molecule has 0 N–H and O–H groups in total. The molecule has 0 atom stereocenters. The van der Waals surface area contributed by atoms with Crippen LogP contribution in [0.15, 0.2) is 60.7 Å². The minimum Gasteiger partial charge on any atom is -0.529 e. The summed E-state index contributed by atoms with van der Waals surface area (Å²) in [5, 5.41) is 0. The molecule has 0 aliphatic rings. The van der Waals surface area contributed by atoms with Crippen LogP contribution < -0.4 is 9.31 Å². The first-order valence-electron chi connectivity index (χ1n) is 8.08. The van der Waals surface area contributed by atoms with E-state index in [9.17, 15) is 9.59 Å². The quantitative estimate of drug-likeness (QED) is 0.407. The van der Waals surface area contributed by atoms with E-state index in [2.05, 4.69) is 9.47 Å². The Bertz CT molecular complexity index is 740. The topological polar surface area (TPSA) is 71.1 Å². The Balaban J connectivity index is 1.80. The van der Waals surface area contributed by atoms with Crippen LogP contribution in [0.3, 0.4) is 0 Å². The van der Waals surface area contributed by atoms with Crippen molar-refractivity contribution in [3.63, 3.8) is 0 Å². The van der Waals surface area contributed by atoms with Crippen LogP contribution in [0.5, 0.6) is 11.5 Å². The highest BCUT2D eigenvalue weighted by Gasteiger charge is 2.00. The number of hydrogen-bond acceptors (Lipinski definition) is 6. The number of methoxy groups -OCH3 is 2. The summed E-state index contributed by atoms with van der Waals surface area (Å²) in [6, 6.07) is 14.4. The molecule has 2 rings (SSSR count). The van der Waals surface area contributed by atoms with Crippen molar-refractivity contribution in [2.75, 3.05) is 14.2 Å². The number of rotatable bonds is 8. The molecule has 7 heteroatoms. The molecule has 0 radical (unpaired) electrons. The van der Waals surface area contributed by atoms with Gasteiger partial charge in [0.15, 0.2) is 0 Å². The van der Waals surface area contributed by atoms with Gasteiger partial charge in [-0.1, -0.05) is 24.3 Å². The predicted octanol–water partition coefficient (Wildman–Crippen LogP) is 2.78. The lowest BCUT2D eigenvalue weighted by Gasteiger charge is -2.08. The Kier molecular flexibility index (Phi) is 7.72. The summed E-state index contributed by atoms with van der Waals surface area (Å²) in [6.45, 7) is 0. The zero-order valence-electron chi connectivity index (χ0n) is 15.1. The second-order valence-corrected chi connectivity index (χ2v) is 5.26. The van der Waals surface area contributed by atoms with Crippen molar-refractivity contribution in [2.24, 2.45) is 0 Å². The van der Waals surface area contributed by atoms with Crippen molar-refractivity contribution in [1.29, 1.82) is 0 Å². The molecule has 0 fully saturated rings. The van der Waals surface area contributed by atoms with Crippen LogP contribution in [0, 0.1) is 0 Å². The van der Waals surface area contributed by atoms with Gasteiger partial charge in [-0.2, -0.15) is 0 Å². The van der Waals surface area contributed by atoms with Gasteiger partial charge >= 0.3 is 19.6 Å². The zero-order chi connectivity index (χ0) is 19.5. The fraction of sp³-hybridized carbons (Fsp3) is 0.100. The maximum atomic E-state index is 11.1. The molecule has 138 valence electrons. The molecular weight excluding hydrogens is 347 g/mol. The third kappa shape index (κ3) is 7.11. The summed E-state index contributed by atoms with van der Waals surface area (Å²) in [4.78, 5) is 22.1. The number of hydrogen-bond donors (Lipinski definition) is 0. The van der Waals surface area contributed by atoms with E-state index in [0.29, 0.717) is 11.5 Å². The second-order valence-electron chi connectivity index (χ2n) is 5.26. The molecule has 6 nitrogen and oxygen atoms in total. The molecule has 0 aromatic heterocycles. The fourth-order valence-corrected chi connectivity index (χ4v) is 1.98. The Morgan fingerprint density at radius 3 is 1.41 bits per heavy atom. The third-order valence-electron chi connectivity index (χ3n) is 3.44. The average molecular weight is 366 g/mol. The molecule has 0 spiro atoms. The van der Waals surface area contributed by atoms with Gasteiger partial charge in [0.1, 0.15) is 11.5 Å². The van der Waals surface area contributed by atoms with Crippen molar-refractivity contribution >= 4 is 31.8 Å². The number of carbonyl (C=O) groups excluding carboxylic acids is 2. The standard InChI is InChI=1S/C20H19BO6/c1-24-19(22)13-7-15-3-9-17(10-4-15)26-21-27-18-11-5-16(6-12-18)8-14-20(23)25-2/h3-14,21H,1-2H3. The van der Waals surface area contributed by atoms with Crippen molar-refractivity contribution in [3.05, 3.63) is 71.8 Å². The van der Waals surface area contributed by atoms with Crippen LogP contribution in [0.25, 0.3) is 12.2 Å². The normalized spacial score (nSPS) is 10.6. The molecule has 0 amide bonds. The van der Waals surface area contributed by atoms with Crippen molar-refractivity contribution in [2.45, 2.75) is 0 Å². The van der Waals surface area contributed by atoms with Gasteiger partial charge in [0.2, 0.25) is 0 Å². The Labute approximate surface area is 158 Å². The molecule has 27 heavy (non-hydrogen) atoms. The van der Waals surface area contributed by atoms with Gasteiger partial charge in [0, 0.05) is 12.2 Å². The Morgan fingerprint density at radius 2 is 1.07 bits per heavy atom. The van der Waals surface area contributed by atoms with E-state index in [4.69, 9.17) is 9.31 Å². The number of ether oxygens (including phenoxy) is 2. The predicted molar refractivity (Wildman–Crippen MR) is 103 cm³/mol. The monoisotopic (exact) mass is 366 g/mol. The van der Waals surface area contributed by atoms with Gasteiger partial charge in [0.05, 0.1) is 14.2 Å². The maximum absolute atomic E-state index is 11.1. The summed E-state index contributed by atoms with van der Waals surface area (Å²) in [5.74, 6) is 0.469.